The Morgan fingerprint density at radius 3 is 2.83 bits per heavy atom. The van der Waals surface area contributed by atoms with Crippen LogP contribution in [0.2, 0.25) is 0 Å². The lowest BCUT2D eigenvalue weighted by molar-refractivity contribution is 0.198. The highest BCUT2D eigenvalue weighted by atomic mass is 15.3. The highest BCUT2D eigenvalue weighted by molar-refractivity contribution is 5.00. The molecule has 1 unspecified atom stereocenters. The number of likely N-dealkylation sites (tertiary alicyclic amines) is 1. The Labute approximate surface area is 109 Å². The maximum Gasteiger partial charge on any atom is 0.0764 e. The third-order valence-corrected chi connectivity index (χ3v) is 4.29. The molecule has 1 saturated carbocycles. The summed E-state index contributed by atoms with van der Waals surface area (Å²) in [6.45, 7) is 3.16. The van der Waals surface area contributed by atoms with Gasteiger partial charge in [-0.05, 0) is 38.3 Å². The molecule has 2 N–H and O–H groups in total. The number of hydrogen-bond acceptors (Lipinski definition) is 3. The zero-order chi connectivity index (χ0) is 12.4. The molecule has 18 heavy (non-hydrogen) atoms. The second-order valence-electron chi connectivity index (χ2n) is 5.86. The summed E-state index contributed by atoms with van der Waals surface area (Å²) in [5.41, 5.74) is 7.22. The monoisotopic (exact) mass is 248 g/mol. The van der Waals surface area contributed by atoms with Gasteiger partial charge in [-0.15, -0.1) is 0 Å². The van der Waals surface area contributed by atoms with Gasteiger partial charge in [0, 0.05) is 25.3 Å². The predicted molar refractivity (Wildman–Crippen MR) is 72.2 cm³/mol. The first-order chi connectivity index (χ1) is 8.81. The van der Waals surface area contributed by atoms with E-state index in [4.69, 9.17) is 10.8 Å². The second kappa shape index (κ2) is 5.41. The highest BCUT2D eigenvalue weighted by Gasteiger charge is 2.20. The zero-order valence-electron chi connectivity index (χ0n) is 11.1. The molecular formula is C14H24N4. The van der Waals surface area contributed by atoms with Gasteiger partial charge in [-0.3, -0.25) is 9.58 Å². The van der Waals surface area contributed by atoms with Gasteiger partial charge in [0.1, 0.15) is 0 Å². The molecule has 2 aliphatic rings. The second-order valence-corrected chi connectivity index (χ2v) is 5.86. The third-order valence-electron chi connectivity index (χ3n) is 4.29. The number of piperidine rings is 1. The molecule has 0 bridgehead atoms. The molecule has 4 nitrogen and oxygen atoms in total. The fourth-order valence-electron chi connectivity index (χ4n) is 3.30. The summed E-state index contributed by atoms with van der Waals surface area (Å²) < 4.78 is 2.19. The summed E-state index contributed by atoms with van der Waals surface area (Å²) in [7, 11) is 0. The molecule has 3 rings (SSSR count). The average molecular weight is 248 g/mol. The fourth-order valence-corrected chi connectivity index (χ4v) is 3.30. The van der Waals surface area contributed by atoms with Crippen molar-refractivity contribution in [2.75, 3.05) is 13.1 Å². The van der Waals surface area contributed by atoms with Crippen LogP contribution in [0.3, 0.4) is 0 Å². The van der Waals surface area contributed by atoms with E-state index in [2.05, 4.69) is 21.8 Å². The summed E-state index contributed by atoms with van der Waals surface area (Å²) >= 11 is 0. The van der Waals surface area contributed by atoms with Gasteiger partial charge in [-0.25, -0.2) is 0 Å². The molecular weight excluding hydrogens is 224 g/mol. The smallest absolute Gasteiger partial charge is 0.0764 e. The number of nitrogens with two attached hydrogens (primary N) is 1. The van der Waals surface area contributed by atoms with Gasteiger partial charge in [0.25, 0.3) is 0 Å². The maximum atomic E-state index is 6.02. The average Bonchev–Trinajstić information content (AvgIpc) is 2.98. The fraction of sp³-hybridized carbons (Fsp3) is 0.786. The quantitative estimate of drug-likeness (QED) is 0.889. The van der Waals surface area contributed by atoms with Gasteiger partial charge in [0.2, 0.25) is 0 Å². The van der Waals surface area contributed by atoms with Crippen LogP contribution in [0.15, 0.2) is 12.3 Å². The Kier molecular flexibility index (Phi) is 3.66. The van der Waals surface area contributed by atoms with E-state index in [0.29, 0.717) is 12.1 Å². The van der Waals surface area contributed by atoms with Crippen LogP contribution in [0.25, 0.3) is 0 Å². The van der Waals surface area contributed by atoms with Crippen molar-refractivity contribution in [1.29, 1.82) is 0 Å². The van der Waals surface area contributed by atoms with E-state index in [0.717, 1.165) is 13.1 Å². The van der Waals surface area contributed by atoms with Gasteiger partial charge in [-0.2, -0.15) is 5.10 Å². The molecule has 4 heteroatoms. The first-order valence-corrected chi connectivity index (χ1v) is 7.33. The van der Waals surface area contributed by atoms with Gasteiger partial charge in [0.05, 0.1) is 11.7 Å². The van der Waals surface area contributed by atoms with Crippen LogP contribution in [0.5, 0.6) is 0 Å². The van der Waals surface area contributed by atoms with Crippen molar-refractivity contribution < 1.29 is 0 Å². The predicted octanol–water partition coefficient (Wildman–Crippen LogP) is 1.92. The normalized spacial score (nSPS) is 26.8. The Hall–Kier alpha value is -0.870. The van der Waals surface area contributed by atoms with Gasteiger partial charge in [-0.1, -0.05) is 12.8 Å². The molecule has 0 radical (unpaired) electrons. The Morgan fingerprint density at radius 1 is 1.22 bits per heavy atom. The van der Waals surface area contributed by atoms with Crippen LogP contribution < -0.4 is 5.73 Å². The summed E-state index contributed by atoms with van der Waals surface area (Å²) in [5, 5.41) is 4.75. The lowest BCUT2D eigenvalue weighted by atomic mass is 10.1. The molecule has 0 amide bonds. The van der Waals surface area contributed by atoms with Crippen LogP contribution in [0, 0.1) is 0 Å². The maximum absolute atomic E-state index is 6.02. The molecule has 100 valence electrons. The van der Waals surface area contributed by atoms with E-state index in [1.54, 1.807) is 0 Å². The number of hydrogen-bond donors (Lipinski definition) is 1. The van der Waals surface area contributed by atoms with E-state index >= 15 is 0 Å². The lowest BCUT2D eigenvalue weighted by Gasteiger charge is -2.29. The molecule has 2 fully saturated rings. The number of nitrogens with zero attached hydrogens (tertiary/aromatic N) is 3. The molecule has 2 heterocycles. The Bertz CT molecular complexity index is 381. The molecule has 1 aliphatic carbocycles. The van der Waals surface area contributed by atoms with Gasteiger partial charge < -0.3 is 5.73 Å². The zero-order valence-corrected chi connectivity index (χ0v) is 11.1. The van der Waals surface area contributed by atoms with Crippen LogP contribution in [0.1, 0.15) is 50.3 Å². The topological polar surface area (TPSA) is 47.1 Å². The first-order valence-electron chi connectivity index (χ1n) is 7.33. The van der Waals surface area contributed by atoms with Crippen molar-refractivity contribution >= 4 is 0 Å². The van der Waals surface area contributed by atoms with Crippen molar-refractivity contribution in [2.45, 2.75) is 57.2 Å². The number of aromatic nitrogens is 2. The standard InChI is InChI=1S/C14H24N4/c15-12-4-3-8-17(10-12)11-13-7-9-18(16-13)14-5-1-2-6-14/h7,9,12,14H,1-6,8,10-11,15H2. The van der Waals surface area contributed by atoms with Gasteiger partial charge >= 0.3 is 0 Å². The van der Waals surface area contributed by atoms with E-state index < -0.39 is 0 Å². The first kappa shape index (κ1) is 12.2. The molecule has 1 atom stereocenters. The summed E-state index contributed by atoms with van der Waals surface area (Å²) in [6, 6.07) is 3.19. The van der Waals surface area contributed by atoms with Crippen LogP contribution in [0.4, 0.5) is 0 Å². The van der Waals surface area contributed by atoms with Crippen molar-refractivity contribution in [2.24, 2.45) is 5.73 Å². The Balaban J connectivity index is 1.59. The molecule has 1 aromatic heterocycles. The van der Waals surface area contributed by atoms with Crippen LogP contribution >= 0.6 is 0 Å². The molecule has 1 aliphatic heterocycles. The van der Waals surface area contributed by atoms with Gasteiger partial charge in [0.15, 0.2) is 0 Å². The largest absolute Gasteiger partial charge is 0.327 e. The van der Waals surface area contributed by atoms with E-state index in [-0.39, 0.29) is 0 Å². The highest BCUT2D eigenvalue weighted by Crippen LogP contribution is 2.28. The molecule has 1 aromatic rings. The van der Waals surface area contributed by atoms with Crippen molar-refractivity contribution in [3.05, 3.63) is 18.0 Å². The van der Waals surface area contributed by atoms with Crippen LogP contribution in [-0.4, -0.2) is 33.8 Å². The van der Waals surface area contributed by atoms with E-state index in [1.165, 1.54) is 50.8 Å². The molecule has 0 aromatic carbocycles. The number of rotatable bonds is 3. The van der Waals surface area contributed by atoms with E-state index in [9.17, 15) is 0 Å². The molecule has 0 spiro atoms. The van der Waals surface area contributed by atoms with Crippen LogP contribution in [-0.2, 0) is 6.54 Å². The van der Waals surface area contributed by atoms with Crippen molar-refractivity contribution in [3.8, 4) is 0 Å². The SMILES string of the molecule is NC1CCCN(Cc2ccn(C3CCCC3)n2)C1. The molecule has 1 saturated heterocycles. The minimum atomic E-state index is 0.357. The third kappa shape index (κ3) is 2.75. The summed E-state index contributed by atoms with van der Waals surface area (Å²) in [6.07, 6.45) is 9.89. The van der Waals surface area contributed by atoms with E-state index in [1.807, 2.05) is 0 Å². The summed E-state index contributed by atoms with van der Waals surface area (Å²) in [5.74, 6) is 0. The minimum Gasteiger partial charge on any atom is -0.327 e. The van der Waals surface area contributed by atoms with Crippen molar-refractivity contribution in [1.82, 2.24) is 14.7 Å². The Morgan fingerprint density at radius 2 is 2.06 bits per heavy atom. The minimum absolute atomic E-state index is 0.357. The summed E-state index contributed by atoms with van der Waals surface area (Å²) in [4.78, 5) is 2.44. The van der Waals surface area contributed by atoms with Crippen molar-refractivity contribution in [3.63, 3.8) is 0 Å². The lowest BCUT2D eigenvalue weighted by Crippen LogP contribution is -2.42.